The lowest BCUT2D eigenvalue weighted by atomic mass is 10.3. The van der Waals surface area contributed by atoms with Crippen LogP contribution < -0.4 is 5.32 Å². The lowest BCUT2D eigenvalue weighted by molar-refractivity contribution is 0.636. The molecule has 1 heterocycles. The van der Waals surface area contributed by atoms with E-state index in [2.05, 4.69) is 31.3 Å². The van der Waals surface area contributed by atoms with Crippen molar-refractivity contribution < 1.29 is 0 Å². The third kappa shape index (κ3) is 3.06. The molecule has 0 aliphatic heterocycles. The third-order valence-corrected chi connectivity index (χ3v) is 2.51. The highest BCUT2D eigenvalue weighted by Crippen LogP contribution is 2.13. The quantitative estimate of drug-likeness (QED) is 0.923. The van der Waals surface area contributed by atoms with Gasteiger partial charge in [-0.3, -0.25) is 4.68 Å². The van der Waals surface area contributed by atoms with E-state index >= 15 is 0 Å². The van der Waals surface area contributed by atoms with E-state index < -0.39 is 0 Å². The van der Waals surface area contributed by atoms with Gasteiger partial charge in [0, 0.05) is 16.7 Å². The summed E-state index contributed by atoms with van der Waals surface area (Å²) >= 11 is 3.39. The van der Waals surface area contributed by atoms with Crippen molar-refractivity contribution in [3.8, 4) is 0 Å². The molecule has 2 rings (SSSR count). The molecule has 1 aromatic heterocycles. The van der Waals surface area contributed by atoms with E-state index in [4.69, 9.17) is 0 Å². The fourth-order valence-corrected chi connectivity index (χ4v) is 1.50. The standard InChI is InChI=1S/C10H11BrN4/c11-9-1-3-10(4-2-9)13-5-6-15-8-12-7-14-15/h1-4,7-8,13H,5-6H2. The number of nitrogens with zero attached hydrogens (tertiary/aromatic N) is 3. The van der Waals surface area contributed by atoms with Crippen molar-refractivity contribution in [3.05, 3.63) is 41.4 Å². The predicted octanol–water partition coefficient (Wildman–Crippen LogP) is 2.15. The molecule has 0 saturated heterocycles. The van der Waals surface area contributed by atoms with Crippen molar-refractivity contribution in [3.63, 3.8) is 0 Å². The summed E-state index contributed by atoms with van der Waals surface area (Å²) in [6.45, 7) is 1.65. The molecule has 0 amide bonds. The van der Waals surface area contributed by atoms with Crippen LogP contribution in [0.3, 0.4) is 0 Å². The van der Waals surface area contributed by atoms with Crippen LogP contribution in [0.15, 0.2) is 41.4 Å². The van der Waals surface area contributed by atoms with Gasteiger partial charge in [-0.2, -0.15) is 5.10 Å². The minimum atomic E-state index is 0.816. The van der Waals surface area contributed by atoms with E-state index in [1.807, 2.05) is 24.3 Å². The van der Waals surface area contributed by atoms with E-state index in [1.165, 1.54) is 0 Å². The molecule has 0 bridgehead atoms. The summed E-state index contributed by atoms with van der Waals surface area (Å²) in [6, 6.07) is 8.09. The first kappa shape index (κ1) is 10.2. The number of aromatic nitrogens is 3. The van der Waals surface area contributed by atoms with Crippen LogP contribution in [0.25, 0.3) is 0 Å². The van der Waals surface area contributed by atoms with Gasteiger partial charge in [-0.05, 0) is 24.3 Å². The molecular formula is C10H11BrN4. The Morgan fingerprint density at radius 3 is 2.73 bits per heavy atom. The number of anilines is 1. The molecule has 0 radical (unpaired) electrons. The highest BCUT2D eigenvalue weighted by Gasteiger charge is 1.93. The molecule has 15 heavy (non-hydrogen) atoms. The molecule has 4 nitrogen and oxygen atoms in total. The Hall–Kier alpha value is -1.36. The fourth-order valence-electron chi connectivity index (χ4n) is 1.23. The second-order valence-electron chi connectivity index (χ2n) is 3.09. The number of hydrogen-bond donors (Lipinski definition) is 1. The Labute approximate surface area is 96.5 Å². The van der Waals surface area contributed by atoms with E-state index in [0.29, 0.717) is 0 Å². The first-order valence-electron chi connectivity index (χ1n) is 4.66. The summed E-state index contributed by atoms with van der Waals surface area (Å²) in [6.07, 6.45) is 3.25. The lowest BCUT2D eigenvalue weighted by Crippen LogP contribution is -2.10. The number of rotatable bonds is 4. The van der Waals surface area contributed by atoms with Crippen LogP contribution in [-0.4, -0.2) is 21.3 Å². The Morgan fingerprint density at radius 1 is 1.27 bits per heavy atom. The van der Waals surface area contributed by atoms with Crippen LogP contribution in [0.5, 0.6) is 0 Å². The average molecular weight is 267 g/mol. The molecule has 1 aromatic carbocycles. The normalized spacial score (nSPS) is 10.2. The molecular weight excluding hydrogens is 256 g/mol. The van der Waals surface area contributed by atoms with Gasteiger partial charge in [0.1, 0.15) is 12.7 Å². The summed E-state index contributed by atoms with van der Waals surface area (Å²) in [5.41, 5.74) is 1.11. The molecule has 5 heteroatoms. The van der Waals surface area contributed by atoms with Crippen molar-refractivity contribution in [1.82, 2.24) is 14.8 Å². The minimum absolute atomic E-state index is 0.816. The Kier molecular flexibility index (Phi) is 3.34. The van der Waals surface area contributed by atoms with Crippen LogP contribution in [0, 0.1) is 0 Å². The van der Waals surface area contributed by atoms with Crippen molar-refractivity contribution >= 4 is 21.6 Å². The van der Waals surface area contributed by atoms with Crippen LogP contribution >= 0.6 is 15.9 Å². The second-order valence-corrected chi connectivity index (χ2v) is 4.01. The maximum Gasteiger partial charge on any atom is 0.137 e. The van der Waals surface area contributed by atoms with Gasteiger partial charge in [-0.25, -0.2) is 4.98 Å². The maximum atomic E-state index is 4.02. The van der Waals surface area contributed by atoms with Gasteiger partial charge < -0.3 is 5.32 Å². The Morgan fingerprint density at radius 2 is 2.07 bits per heavy atom. The zero-order valence-corrected chi connectivity index (χ0v) is 9.68. The number of nitrogens with one attached hydrogen (secondary N) is 1. The fraction of sp³-hybridized carbons (Fsp3) is 0.200. The third-order valence-electron chi connectivity index (χ3n) is 1.98. The first-order chi connectivity index (χ1) is 7.34. The monoisotopic (exact) mass is 266 g/mol. The van der Waals surface area contributed by atoms with Gasteiger partial charge >= 0.3 is 0 Å². The second kappa shape index (κ2) is 4.93. The molecule has 2 aromatic rings. The largest absolute Gasteiger partial charge is 0.383 e. The smallest absolute Gasteiger partial charge is 0.137 e. The molecule has 0 fully saturated rings. The first-order valence-corrected chi connectivity index (χ1v) is 5.46. The molecule has 0 atom stereocenters. The van der Waals surface area contributed by atoms with Gasteiger partial charge in [-0.1, -0.05) is 15.9 Å². The summed E-state index contributed by atoms with van der Waals surface area (Å²) in [5.74, 6) is 0. The van der Waals surface area contributed by atoms with Gasteiger partial charge in [0.2, 0.25) is 0 Å². The van der Waals surface area contributed by atoms with E-state index in [1.54, 1.807) is 17.3 Å². The van der Waals surface area contributed by atoms with Crippen molar-refractivity contribution in [2.75, 3.05) is 11.9 Å². The molecule has 78 valence electrons. The molecule has 0 aliphatic carbocycles. The van der Waals surface area contributed by atoms with Gasteiger partial charge in [-0.15, -0.1) is 0 Å². The number of hydrogen-bond acceptors (Lipinski definition) is 3. The average Bonchev–Trinajstić information content (AvgIpc) is 2.74. The van der Waals surface area contributed by atoms with Crippen LogP contribution in [0.1, 0.15) is 0 Å². The van der Waals surface area contributed by atoms with Gasteiger partial charge in [0.15, 0.2) is 0 Å². The van der Waals surface area contributed by atoms with Crippen molar-refractivity contribution in [1.29, 1.82) is 0 Å². The van der Waals surface area contributed by atoms with Gasteiger partial charge in [0.05, 0.1) is 6.54 Å². The van der Waals surface area contributed by atoms with Crippen molar-refractivity contribution in [2.24, 2.45) is 0 Å². The van der Waals surface area contributed by atoms with Crippen LogP contribution in [0.4, 0.5) is 5.69 Å². The SMILES string of the molecule is Brc1ccc(NCCn2cncn2)cc1. The maximum absolute atomic E-state index is 4.02. The summed E-state index contributed by atoms with van der Waals surface area (Å²) in [7, 11) is 0. The highest BCUT2D eigenvalue weighted by molar-refractivity contribution is 9.10. The van der Waals surface area contributed by atoms with Gasteiger partial charge in [0.25, 0.3) is 0 Å². The Bertz CT molecular complexity index is 396. The summed E-state index contributed by atoms with van der Waals surface area (Å²) < 4.78 is 2.88. The van der Waals surface area contributed by atoms with Crippen molar-refractivity contribution in [2.45, 2.75) is 6.54 Å². The van der Waals surface area contributed by atoms with E-state index in [0.717, 1.165) is 23.2 Å². The molecule has 0 spiro atoms. The minimum Gasteiger partial charge on any atom is -0.383 e. The highest BCUT2D eigenvalue weighted by atomic mass is 79.9. The summed E-state index contributed by atoms with van der Waals surface area (Å²) in [4.78, 5) is 3.88. The zero-order chi connectivity index (χ0) is 10.5. The molecule has 1 N–H and O–H groups in total. The van der Waals surface area contributed by atoms with E-state index in [-0.39, 0.29) is 0 Å². The molecule has 0 saturated carbocycles. The van der Waals surface area contributed by atoms with Crippen LogP contribution in [-0.2, 0) is 6.54 Å². The van der Waals surface area contributed by atoms with Crippen LogP contribution in [0.2, 0.25) is 0 Å². The topological polar surface area (TPSA) is 42.7 Å². The zero-order valence-electron chi connectivity index (χ0n) is 8.10. The molecule has 0 unspecified atom stereocenters. The predicted molar refractivity (Wildman–Crippen MR) is 62.7 cm³/mol. The Balaban J connectivity index is 1.81. The number of halogens is 1. The summed E-state index contributed by atoms with van der Waals surface area (Å²) in [5, 5.41) is 7.32. The number of benzene rings is 1. The molecule has 0 aliphatic rings. The van der Waals surface area contributed by atoms with E-state index in [9.17, 15) is 0 Å². The lowest BCUT2D eigenvalue weighted by Gasteiger charge is -2.05.